The molecule has 0 N–H and O–H groups in total. The third-order valence-corrected chi connectivity index (χ3v) is 12.8. The number of nitrogens with zero attached hydrogens (tertiary/aromatic N) is 4. The van der Waals surface area contributed by atoms with Crippen molar-refractivity contribution in [2.75, 3.05) is 0 Å². The van der Waals surface area contributed by atoms with E-state index in [2.05, 4.69) is 127 Å². The Labute approximate surface area is 344 Å². The average molecular weight is 773 g/mol. The highest BCUT2D eigenvalue weighted by molar-refractivity contribution is 7.99. The van der Waals surface area contributed by atoms with Gasteiger partial charge in [0.05, 0.1) is 16.8 Å². The van der Waals surface area contributed by atoms with E-state index in [4.69, 9.17) is 24.4 Å². The van der Waals surface area contributed by atoms with E-state index in [0.717, 1.165) is 61.1 Å². The molecule has 7 aromatic carbocycles. The first-order valence-electron chi connectivity index (χ1n) is 19.7. The second-order valence-corrected chi connectivity index (χ2v) is 16.1. The third kappa shape index (κ3) is 5.34. The van der Waals surface area contributed by atoms with Crippen LogP contribution >= 0.6 is 11.8 Å². The van der Waals surface area contributed by atoms with Gasteiger partial charge in [0.25, 0.3) is 0 Å². The van der Waals surface area contributed by atoms with E-state index >= 15 is 0 Å². The van der Waals surface area contributed by atoms with Gasteiger partial charge in [-0.1, -0.05) is 157 Å². The zero-order valence-corrected chi connectivity index (χ0v) is 32.4. The van der Waals surface area contributed by atoms with E-state index in [1.807, 2.05) is 78.8 Å². The lowest BCUT2D eigenvalue weighted by molar-refractivity contribution is 0.659. The molecule has 1 spiro atoms. The summed E-state index contributed by atoms with van der Waals surface area (Å²) in [6.45, 7) is 0. The molecule has 1 atom stereocenters. The van der Waals surface area contributed by atoms with E-state index in [0.29, 0.717) is 11.6 Å². The molecule has 0 fully saturated rings. The Morgan fingerprint density at radius 3 is 1.85 bits per heavy atom. The Morgan fingerprint density at radius 2 is 1.05 bits per heavy atom. The molecular formula is C53H32N4OS. The van der Waals surface area contributed by atoms with Crippen LogP contribution in [0.15, 0.2) is 196 Å². The van der Waals surface area contributed by atoms with Crippen LogP contribution in [0.3, 0.4) is 0 Å². The first-order valence-corrected chi connectivity index (χ1v) is 20.5. The molecule has 0 amide bonds. The van der Waals surface area contributed by atoms with E-state index in [1.165, 1.54) is 37.6 Å². The van der Waals surface area contributed by atoms with E-state index in [1.54, 1.807) is 0 Å². The molecule has 5 nitrogen and oxygen atoms in total. The largest absolute Gasteiger partial charge is 0.456 e. The Hall–Kier alpha value is -7.41. The first kappa shape index (κ1) is 33.7. The second-order valence-electron chi connectivity index (χ2n) is 15.0. The zero-order chi connectivity index (χ0) is 38.9. The van der Waals surface area contributed by atoms with Gasteiger partial charge in [0.15, 0.2) is 11.6 Å². The fraction of sp³-hybridized carbons (Fsp3) is 0.0189. The van der Waals surface area contributed by atoms with Crippen molar-refractivity contribution in [1.29, 1.82) is 0 Å². The normalized spacial score (nSPS) is 15.1. The van der Waals surface area contributed by atoms with Gasteiger partial charge in [-0.25, -0.2) is 19.9 Å². The molecule has 6 heteroatoms. The lowest BCUT2D eigenvalue weighted by Gasteiger charge is -2.42. The maximum absolute atomic E-state index is 6.63. The second kappa shape index (κ2) is 13.3. The molecule has 1 aliphatic carbocycles. The number of hydrogen-bond acceptors (Lipinski definition) is 6. The number of rotatable bonds is 4. The molecule has 12 rings (SSSR count). The summed E-state index contributed by atoms with van der Waals surface area (Å²) in [4.78, 5) is 22.4. The molecule has 0 saturated carbocycles. The van der Waals surface area contributed by atoms with Gasteiger partial charge in [0, 0.05) is 55.2 Å². The molecule has 0 bridgehead atoms. The molecule has 59 heavy (non-hydrogen) atoms. The number of hydrogen-bond donors (Lipinski definition) is 0. The monoisotopic (exact) mass is 772 g/mol. The van der Waals surface area contributed by atoms with Crippen LogP contribution in [0.1, 0.15) is 33.4 Å². The number of para-hydroxylation sites is 1. The summed E-state index contributed by atoms with van der Waals surface area (Å²) in [5.74, 6) is 1.31. The van der Waals surface area contributed by atoms with Gasteiger partial charge < -0.3 is 4.42 Å². The van der Waals surface area contributed by atoms with Crippen molar-refractivity contribution < 1.29 is 4.42 Å². The first-order chi connectivity index (χ1) is 29.2. The summed E-state index contributed by atoms with van der Waals surface area (Å²) in [6, 6.07) is 59.8. The Kier molecular flexibility index (Phi) is 7.62. The number of benzene rings is 7. The van der Waals surface area contributed by atoms with Gasteiger partial charge in [0.1, 0.15) is 11.2 Å². The van der Waals surface area contributed by atoms with Crippen molar-refractivity contribution >= 4 is 45.9 Å². The van der Waals surface area contributed by atoms with E-state index < -0.39 is 5.41 Å². The van der Waals surface area contributed by atoms with Crippen molar-refractivity contribution in [2.24, 2.45) is 0 Å². The fourth-order valence-corrected chi connectivity index (χ4v) is 10.2. The summed E-state index contributed by atoms with van der Waals surface area (Å²) in [5.41, 5.74) is 13.5. The standard InChI is InChI=1S/C53H32N4OS/c1-3-14-35(15-4-1)51-54-31-38(32-55-51)46-30-45(56-52(57-46)36-16-5-2-6-17-36)37-26-25-34-24-23-33-13-7-9-19-41(33)53(43(34)27-37)42-20-10-12-22-49(42)59-50-28-40-39-18-8-11-21-47(39)58-48(40)29-44(50)53/h1-32H. The fourth-order valence-electron chi connectivity index (χ4n) is 8.99. The van der Waals surface area contributed by atoms with Crippen LogP contribution in [0, 0.1) is 0 Å². The minimum absolute atomic E-state index is 0.636. The molecule has 0 saturated heterocycles. The zero-order valence-electron chi connectivity index (χ0n) is 31.6. The van der Waals surface area contributed by atoms with Crippen molar-refractivity contribution in [2.45, 2.75) is 15.2 Å². The summed E-state index contributed by atoms with van der Waals surface area (Å²) < 4.78 is 6.63. The molecule has 3 aromatic heterocycles. The molecule has 1 unspecified atom stereocenters. The molecule has 10 aromatic rings. The Morgan fingerprint density at radius 1 is 0.407 bits per heavy atom. The van der Waals surface area contributed by atoms with Crippen molar-refractivity contribution in [3.8, 4) is 45.3 Å². The van der Waals surface area contributed by atoms with Gasteiger partial charge in [-0.15, -0.1) is 0 Å². The van der Waals surface area contributed by atoms with Gasteiger partial charge in [-0.05, 0) is 69.8 Å². The maximum atomic E-state index is 6.63. The van der Waals surface area contributed by atoms with Crippen LogP contribution in [0.2, 0.25) is 0 Å². The van der Waals surface area contributed by atoms with Gasteiger partial charge in [0.2, 0.25) is 0 Å². The summed E-state index contributed by atoms with van der Waals surface area (Å²) in [7, 11) is 0. The van der Waals surface area contributed by atoms with Crippen LogP contribution in [-0.2, 0) is 5.41 Å². The number of aromatic nitrogens is 4. The summed E-state index contributed by atoms with van der Waals surface area (Å²) in [6.07, 6.45) is 8.25. The minimum atomic E-state index is -0.686. The maximum Gasteiger partial charge on any atom is 0.160 e. The molecule has 1 aliphatic heterocycles. The van der Waals surface area contributed by atoms with E-state index in [9.17, 15) is 0 Å². The predicted octanol–water partition coefficient (Wildman–Crippen LogP) is 13.2. The highest BCUT2D eigenvalue weighted by Crippen LogP contribution is 2.59. The highest BCUT2D eigenvalue weighted by Gasteiger charge is 2.47. The third-order valence-electron chi connectivity index (χ3n) is 11.7. The highest BCUT2D eigenvalue weighted by atomic mass is 32.2. The topological polar surface area (TPSA) is 64.7 Å². The van der Waals surface area contributed by atoms with Crippen molar-refractivity contribution in [1.82, 2.24) is 19.9 Å². The smallest absolute Gasteiger partial charge is 0.160 e. The predicted molar refractivity (Wildman–Crippen MR) is 238 cm³/mol. The lowest BCUT2D eigenvalue weighted by atomic mass is 9.63. The Bertz CT molecular complexity index is 3300. The van der Waals surface area contributed by atoms with Crippen LogP contribution < -0.4 is 0 Å². The molecule has 2 aliphatic rings. The van der Waals surface area contributed by atoms with Crippen LogP contribution in [0.4, 0.5) is 0 Å². The Balaban J connectivity index is 1.11. The van der Waals surface area contributed by atoms with Crippen LogP contribution in [0.25, 0.3) is 79.4 Å². The van der Waals surface area contributed by atoms with Crippen molar-refractivity contribution in [3.05, 3.63) is 216 Å². The molecular weight excluding hydrogens is 741 g/mol. The number of fused-ring (bicyclic) bond motifs is 11. The van der Waals surface area contributed by atoms with Crippen LogP contribution in [-0.4, -0.2) is 19.9 Å². The van der Waals surface area contributed by atoms with Gasteiger partial charge >= 0.3 is 0 Å². The number of furan rings is 1. The minimum Gasteiger partial charge on any atom is -0.456 e. The van der Waals surface area contributed by atoms with E-state index in [-0.39, 0.29) is 0 Å². The SMILES string of the molecule is C1=Cc2ccc(-c3cc(-c4cnc(-c5ccccc5)nc4)nc(-c4ccccc4)n3)cc2C2(c3ccccc31)c1ccccc1Sc1cc3c(cc12)oc1ccccc13. The molecule has 0 radical (unpaired) electrons. The molecule has 4 heterocycles. The van der Waals surface area contributed by atoms with Gasteiger partial charge in [-0.2, -0.15) is 0 Å². The van der Waals surface area contributed by atoms with Crippen LogP contribution in [0.5, 0.6) is 0 Å². The lowest BCUT2D eigenvalue weighted by Crippen LogP contribution is -2.35. The van der Waals surface area contributed by atoms with Crippen molar-refractivity contribution in [3.63, 3.8) is 0 Å². The van der Waals surface area contributed by atoms with Gasteiger partial charge in [-0.3, -0.25) is 0 Å². The summed E-state index contributed by atoms with van der Waals surface area (Å²) in [5, 5.41) is 2.25. The molecule has 276 valence electrons. The summed E-state index contributed by atoms with van der Waals surface area (Å²) >= 11 is 1.84. The quantitative estimate of drug-likeness (QED) is 0.177. The average Bonchev–Trinajstić information content (AvgIpc) is 3.60.